The third-order valence-electron chi connectivity index (χ3n) is 2.42. The fourth-order valence-corrected chi connectivity index (χ4v) is 1.87. The predicted octanol–water partition coefficient (Wildman–Crippen LogP) is 2.74. The Morgan fingerprint density at radius 1 is 1.24 bits per heavy atom. The Morgan fingerprint density at radius 2 is 1.94 bits per heavy atom. The first-order valence-corrected chi connectivity index (χ1v) is 5.53. The number of nitrogens with two attached hydrogens (primary N) is 1. The van der Waals surface area contributed by atoms with Gasteiger partial charge in [-0.1, -0.05) is 41.9 Å². The van der Waals surface area contributed by atoms with Crippen LogP contribution in [0.25, 0.3) is 0 Å². The van der Waals surface area contributed by atoms with Gasteiger partial charge in [0.1, 0.15) is 5.15 Å². The molecule has 0 spiro atoms. The normalized spacial score (nSPS) is 10.2. The molecule has 0 unspecified atom stereocenters. The Hall–Kier alpha value is -1.87. The second-order valence-corrected chi connectivity index (χ2v) is 4.01. The number of hydrogen-bond donors (Lipinski definition) is 1. The highest BCUT2D eigenvalue weighted by Crippen LogP contribution is 2.21. The average Bonchev–Trinajstić information content (AvgIpc) is 2.30. The van der Waals surface area contributed by atoms with Gasteiger partial charge in [0.15, 0.2) is 5.78 Å². The van der Waals surface area contributed by atoms with Crippen molar-refractivity contribution in [2.45, 2.75) is 6.42 Å². The molecule has 0 saturated carbocycles. The molecule has 2 aromatic rings. The number of carbonyl (C=O) groups excluding carboxylic acids is 1. The van der Waals surface area contributed by atoms with E-state index >= 15 is 0 Å². The summed E-state index contributed by atoms with van der Waals surface area (Å²) in [5.41, 5.74) is 7.33. The first-order valence-electron chi connectivity index (χ1n) is 5.15. The predicted molar refractivity (Wildman–Crippen MR) is 68.1 cm³/mol. The van der Waals surface area contributed by atoms with E-state index in [1.54, 1.807) is 6.07 Å². The summed E-state index contributed by atoms with van der Waals surface area (Å²) >= 11 is 5.88. The molecule has 86 valence electrons. The van der Waals surface area contributed by atoms with Gasteiger partial charge in [-0.05, 0) is 11.6 Å². The number of aromatic nitrogens is 1. The summed E-state index contributed by atoms with van der Waals surface area (Å²) in [7, 11) is 0. The second kappa shape index (κ2) is 4.97. The van der Waals surface area contributed by atoms with Gasteiger partial charge in [-0.3, -0.25) is 4.79 Å². The third kappa shape index (κ3) is 2.63. The van der Waals surface area contributed by atoms with Crippen LogP contribution in [0.5, 0.6) is 0 Å². The summed E-state index contributed by atoms with van der Waals surface area (Å²) < 4.78 is 0. The van der Waals surface area contributed by atoms with E-state index in [0.717, 1.165) is 5.56 Å². The van der Waals surface area contributed by atoms with Crippen LogP contribution >= 0.6 is 11.6 Å². The third-order valence-corrected chi connectivity index (χ3v) is 2.71. The highest BCUT2D eigenvalue weighted by atomic mass is 35.5. The van der Waals surface area contributed by atoms with Crippen molar-refractivity contribution >= 4 is 23.1 Å². The van der Waals surface area contributed by atoms with E-state index in [2.05, 4.69) is 4.98 Å². The Kier molecular flexibility index (Phi) is 3.40. The zero-order valence-electron chi connectivity index (χ0n) is 9.06. The lowest BCUT2D eigenvalue weighted by atomic mass is 10.0. The summed E-state index contributed by atoms with van der Waals surface area (Å²) in [6, 6.07) is 11.0. The van der Waals surface area contributed by atoms with Crippen LogP contribution in [0.4, 0.5) is 5.69 Å². The lowest BCUT2D eigenvalue weighted by Crippen LogP contribution is -2.08. The number of pyridine rings is 1. The number of halogens is 1. The van der Waals surface area contributed by atoms with Crippen LogP contribution in [-0.4, -0.2) is 10.8 Å². The van der Waals surface area contributed by atoms with Crippen molar-refractivity contribution in [3.05, 3.63) is 58.9 Å². The fraction of sp³-hybridized carbons (Fsp3) is 0.0769. The first-order chi connectivity index (χ1) is 8.18. The van der Waals surface area contributed by atoms with E-state index in [1.807, 2.05) is 30.3 Å². The van der Waals surface area contributed by atoms with Gasteiger partial charge in [-0.25, -0.2) is 4.98 Å². The molecule has 1 heterocycles. The molecule has 1 aromatic heterocycles. The van der Waals surface area contributed by atoms with Gasteiger partial charge in [-0.2, -0.15) is 0 Å². The maximum absolute atomic E-state index is 12.1. The monoisotopic (exact) mass is 246 g/mol. The summed E-state index contributed by atoms with van der Waals surface area (Å²) in [4.78, 5) is 15.9. The number of carbonyl (C=O) groups is 1. The van der Waals surface area contributed by atoms with Gasteiger partial charge < -0.3 is 5.73 Å². The van der Waals surface area contributed by atoms with Gasteiger partial charge in [-0.15, -0.1) is 0 Å². The van der Waals surface area contributed by atoms with Gasteiger partial charge in [0.2, 0.25) is 0 Å². The summed E-state index contributed by atoms with van der Waals surface area (Å²) in [6.45, 7) is 0. The summed E-state index contributed by atoms with van der Waals surface area (Å²) in [5, 5.41) is 0.158. The molecule has 1 aromatic carbocycles. The lowest BCUT2D eigenvalue weighted by Gasteiger charge is -2.06. The van der Waals surface area contributed by atoms with E-state index in [9.17, 15) is 4.79 Å². The molecule has 0 radical (unpaired) electrons. The number of nitrogen functional groups attached to an aromatic ring is 1. The van der Waals surface area contributed by atoms with Gasteiger partial charge in [0, 0.05) is 18.3 Å². The van der Waals surface area contributed by atoms with Crippen LogP contribution in [0.3, 0.4) is 0 Å². The molecule has 0 aliphatic carbocycles. The molecule has 0 atom stereocenters. The Morgan fingerprint density at radius 3 is 2.59 bits per heavy atom. The van der Waals surface area contributed by atoms with E-state index in [-0.39, 0.29) is 17.4 Å². The summed E-state index contributed by atoms with van der Waals surface area (Å²) in [6.07, 6.45) is 1.76. The van der Waals surface area contributed by atoms with Crippen LogP contribution in [0.2, 0.25) is 5.15 Å². The summed E-state index contributed by atoms with van der Waals surface area (Å²) in [5.74, 6) is -0.119. The molecular formula is C13H11ClN2O. The molecule has 2 N–H and O–H groups in total. The number of Topliss-reactive ketones (excluding diaryl/α,β-unsaturated/α-hetero) is 1. The number of rotatable bonds is 3. The van der Waals surface area contributed by atoms with Crippen molar-refractivity contribution in [2.24, 2.45) is 0 Å². The van der Waals surface area contributed by atoms with E-state index < -0.39 is 0 Å². The number of ketones is 1. The van der Waals surface area contributed by atoms with Crippen molar-refractivity contribution in [2.75, 3.05) is 5.73 Å². The van der Waals surface area contributed by atoms with E-state index in [4.69, 9.17) is 17.3 Å². The quantitative estimate of drug-likeness (QED) is 0.669. The SMILES string of the molecule is Nc1ccnc(Cl)c1C(=O)Cc1ccccc1. The molecule has 0 bridgehead atoms. The zero-order valence-corrected chi connectivity index (χ0v) is 9.82. The fourth-order valence-electron chi connectivity index (χ4n) is 1.60. The maximum Gasteiger partial charge on any atom is 0.172 e. The molecule has 17 heavy (non-hydrogen) atoms. The molecule has 2 rings (SSSR count). The smallest absolute Gasteiger partial charge is 0.172 e. The van der Waals surface area contributed by atoms with E-state index in [1.165, 1.54) is 6.20 Å². The highest BCUT2D eigenvalue weighted by Gasteiger charge is 2.15. The topological polar surface area (TPSA) is 56.0 Å². The zero-order chi connectivity index (χ0) is 12.3. The first kappa shape index (κ1) is 11.6. The van der Waals surface area contributed by atoms with E-state index in [0.29, 0.717) is 11.3 Å². The van der Waals surface area contributed by atoms with Crippen LogP contribution in [0.15, 0.2) is 42.6 Å². The Labute approximate surface area is 104 Å². The number of anilines is 1. The molecule has 3 nitrogen and oxygen atoms in total. The van der Waals surface area contributed by atoms with Crippen molar-refractivity contribution in [3.63, 3.8) is 0 Å². The molecule has 0 saturated heterocycles. The Bertz CT molecular complexity index is 520. The molecule has 0 amide bonds. The number of hydrogen-bond acceptors (Lipinski definition) is 3. The average molecular weight is 247 g/mol. The molecular weight excluding hydrogens is 236 g/mol. The van der Waals surface area contributed by atoms with Crippen molar-refractivity contribution in [1.82, 2.24) is 4.98 Å². The van der Waals surface area contributed by atoms with Gasteiger partial charge >= 0.3 is 0 Å². The molecule has 0 fully saturated rings. The van der Waals surface area contributed by atoms with Gasteiger partial charge in [0.25, 0.3) is 0 Å². The minimum atomic E-state index is -0.119. The van der Waals surface area contributed by atoms with Crippen LogP contribution in [-0.2, 0) is 6.42 Å². The number of benzene rings is 1. The van der Waals surface area contributed by atoms with Crippen molar-refractivity contribution < 1.29 is 4.79 Å². The van der Waals surface area contributed by atoms with Crippen LogP contribution in [0, 0.1) is 0 Å². The molecule has 0 aliphatic rings. The maximum atomic E-state index is 12.1. The van der Waals surface area contributed by atoms with Crippen LogP contribution in [0.1, 0.15) is 15.9 Å². The van der Waals surface area contributed by atoms with Gasteiger partial charge in [0.05, 0.1) is 5.56 Å². The lowest BCUT2D eigenvalue weighted by molar-refractivity contribution is 0.0993. The number of nitrogens with zero attached hydrogens (tertiary/aromatic N) is 1. The van der Waals surface area contributed by atoms with Crippen molar-refractivity contribution in [3.8, 4) is 0 Å². The van der Waals surface area contributed by atoms with Crippen molar-refractivity contribution in [1.29, 1.82) is 0 Å². The molecule has 4 heteroatoms. The Balaban J connectivity index is 2.27. The highest BCUT2D eigenvalue weighted by molar-refractivity contribution is 6.33. The minimum Gasteiger partial charge on any atom is -0.398 e. The molecule has 0 aliphatic heterocycles. The largest absolute Gasteiger partial charge is 0.398 e. The standard InChI is InChI=1S/C13H11ClN2O/c14-13-12(10(15)6-7-16-13)11(17)8-9-4-2-1-3-5-9/h1-7H,8H2,(H2,15,16). The van der Waals surface area contributed by atoms with Crippen LogP contribution < -0.4 is 5.73 Å². The second-order valence-electron chi connectivity index (χ2n) is 3.65. The minimum absolute atomic E-state index is 0.119.